The molecule has 18 heavy (non-hydrogen) atoms. The first-order valence-corrected chi connectivity index (χ1v) is 8.64. The Labute approximate surface area is 109 Å². The zero-order chi connectivity index (χ0) is 12.6. The summed E-state index contributed by atoms with van der Waals surface area (Å²) < 4.78 is 32.8. The van der Waals surface area contributed by atoms with E-state index in [9.17, 15) is 8.42 Å². The van der Waals surface area contributed by atoms with Gasteiger partial charge >= 0.3 is 0 Å². The number of hydrogen-bond acceptors (Lipinski definition) is 4. The van der Waals surface area contributed by atoms with Gasteiger partial charge in [0.25, 0.3) is 0 Å². The van der Waals surface area contributed by atoms with Crippen molar-refractivity contribution in [1.82, 2.24) is 10.0 Å². The number of fused-ring (bicyclic) bond motifs is 2. The third kappa shape index (κ3) is 2.87. The molecule has 104 valence electrons. The van der Waals surface area contributed by atoms with Gasteiger partial charge in [0.1, 0.15) is 0 Å². The smallest absolute Gasteiger partial charge is 0.212 e. The summed E-state index contributed by atoms with van der Waals surface area (Å²) in [5.41, 5.74) is 0. The Morgan fingerprint density at radius 3 is 2.56 bits per heavy atom. The van der Waals surface area contributed by atoms with E-state index in [-0.39, 0.29) is 17.9 Å². The highest BCUT2D eigenvalue weighted by atomic mass is 32.2. The van der Waals surface area contributed by atoms with Gasteiger partial charge in [-0.05, 0) is 51.1 Å². The van der Waals surface area contributed by atoms with E-state index in [1.54, 1.807) is 0 Å². The van der Waals surface area contributed by atoms with Gasteiger partial charge < -0.3 is 10.1 Å². The monoisotopic (exact) mass is 274 g/mol. The number of sulfonamides is 1. The molecule has 0 aromatic rings. The third-order valence-electron chi connectivity index (χ3n) is 4.35. The SMILES string of the molecule is O=S(=O)(CC1CCNCC1)NC1CC2CCC1O2. The Morgan fingerprint density at radius 2 is 1.94 bits per heavy atom. The Hall–Kier alpha value is -0.170. The van der Waals surface area contributed by atoms with Crippen molar-refractivity contribution >= 4 is 10.0 Å². The van der Waals surface area contributed by atoms with Crippen LogP contribution in [-0.4, -0.2) is 45.5 Å². The number of nitrogens with one attached hydrogen (secondary N) is 2. The molecule has 3 fully saturated rings. The van der Waals surface area contributed by atoms with Gasteiger partial charge in [0.15, 0.2) is 0 Å². The van der Waals surface area contributed by atoms with Gasteiger partial charge in [0.2, 0.25) is 10.0 Å². The van der Waals surface area contributed by atoms with Crippen molar-refractivity contribution in [2.24, 2.45) is 5.92 Å². The summed E-state index contributed by atoms with van der Waals surface area (Å²) >= 11 is 0. The summed E-state index contributed by atoms with van der Waals surface area (Å²) in [5.74, 6) is 0.589. The van der Waals surface area contributed by atoms with Gasteiger partial charge in [-0.25, -0.2) is 13.1 Å². The van der Waals surface area contributed by atoms with Crippen LogP contribution in [0.2, 0.25) is 0 Å². The number of piperidine rings is 1. The lowest BCUT2D eigenvalue weighted by Crippen LogP contribution is -2.44. The lowest BCUT2D eigenvalue weighted by atomic mass is 9.96. The van der Waals surface area contributed by atoms with Crippen molar-refractivity contribution < 1.29 is 13.2 Å². The second-order valence-corrected chi connectivity index (χ2v) is 7.61. The Morgan fingerprint density at radius 1 is 1.17 bits per heavy atom. The average Bonchev–Trinajstić information content (AvgIpc) is 2.90. The van der Waals surface area contributed by atoms with E-state index in [0.717, 1.165) is 45.2 Å². The Bertz CT molecular complexity index is 392. The zero-order valence-corrected chi connectivity index (χ0v) is 11.4. The molecule has 2 bridgehead atoms. The minimum Gasteiger partial charge on any atom is -0.373 e. The number of ether oxygens (including phenoxy) is 1. The first-order valence-electron chi connectivity index (χ1n) is 6.98. The first kappa shape index (κ1) is 12.8. The van der Waals surface area contributed by atoms with Crippen LogP contribution >= 0.6 is 0 Å². The molecular weight excluding hydrogens is 252 g/mol. The molecule has 3 aliphatic heterocycles. The van der Waals surface area contributed by atoms with Crippen LogP contribution in [-0.2, 0) is 14.8 Å². The Kier molecular flexibility index (Phi) is 3.62. The van der Waals surface area contributed by atoms with Crippen molar-refractivity contribution in [2.45, 2.75) is 50.4 Å². The highest BCUT2D eigenvalue weighted by Gasteiger charge is 2.42. The van der Waals surface area contributed by atoms with Gasteiger partial charge in [-0.1, -0.05) is 0 Å². The first-order chi connectivity index (χ1) is 8.62. The molecule has 3 aliphatic rings. The molecule has 3 rings (SSSR count). The van der Waals surface area contributed by atoms with Crippen molar-refractivity contribution in [3.05, 3.63) is 0 Å². The topological polar surface area (TPSA) is 67.4 Å². The third-order valence-corrected chi connectivity index (χ3v) is 5.92. The van der Waals surface area contributed by atoms with Crippen LogP contribution in [0.25, 0.3) is 0 Å². The highest BCUT2D eigenvalue weighted by Crippen LogP contribution is 2.34. The summed E-state index contributed by atoms with van der Waals surface area (Å²) in [6, 6.07) is 0.0236. The fourth-order valence-electron chi connectivity index (χ4n) is 3.40. The van der Waals surface area contributed by atoms with Gasteiger partial charge in [-0.3, -0.25) is 0 Å². The van der Waals surface area contributed by atoms with E-state index >= 15 is 0 Å². The van der Waals surface area contributed by atoms with E-state index in [4.69, 9.17) is 4.74 Å². The van der Waals surface area contributed by atoms with Crippen molar-refractivity contribution in [1.29, 1.82) is 0 Å². The molecule has 0 aromatic carbocycles. The minimum absolute atomic E-state index is 0.0236. The summed E-state index contributed by atoms with van der Waals surface area (Å²) in [7, 11) is -3.14. The summed E-state index contributed by atoms with van der Waals surface area (Å²) in [4.78, 5) is 0. The molecule has 3 unspecified atom stereocenters. The molecule has 3 saturated heterocycles. The Balaban J connectivity index is 1.54. The normalized spacial score (nSPS) is 37.2. The maximum Gasteiger partial charge on any atom is 0.212 e. The molecule has 0 radical (unpaired) electrons. The number of hydrogen-bond donors (Lipinski definition) is 2. The summed E-state index contributed by atoms with van der Waals surface area (Å²) in [5, 5.41) is 3.26. The minimum atomic E-state index is -3.14. The van der Waals surface area contributed by atoms with Crippen LogP contribution in [0.1, 0.15) is 32.1 Å². The van der Waals surface area contributed by atoms with E-state index < -0.39 is 10.0 Å². The van der Waals surface area contributed by atoms with Crippen LogP contribution in [0, 0.1) is 5.92 Å². The van der Waals surface area contributed by atoms with Gasteiger partial charge in [0, 0.05) is 0 Å². The summed E-state index contributed by atoms with van der Waals surface area (Å²) in [6.45, 7) is 1.88. The molecule has 6 heteroatoms. The molecule has 0 spiro atoms. The molecule has 3 heterocycles. The molecule has 5 nitrogen and oxygen atoms in total. The van der Waals surface area contributed by atoms with Crippen molar-refractivity contribution in [2.75, 3.05) is 18.8 Å². The summed E-state index contributed by atoms with van der Waals surface area (Å²) in [6.07, 6.45) is 5.31. The molecule has 0 aromatic heterocycles. The predicted octanol–water partition coefficient (Wildman–Crippen LogP) is 0.225. The fraction of sp³-hybridized carbons (Fsp3) is 1.00. The van der Waals surface area contributed by atoms with Crippen LogP contribution in [0.5, 0.6) is 0 Å². The molecular formula is C12H22N2O3S. The standard InChI is InChI=1S/C12H22N2O3S/c15-18(16,8-9-3-5-13-6-4-9)14-11-7-10-1-2-12(11)17-10/h9-14H,1-8H2. The molecule has 0 saturated carbocycles. The molecule has 0 aliphatic carbocycles. The molecule has 3 atom stereocenters. The van der Waals surface area contributed by atoms with Crippen LogP contribution in [0.4, 0.5) is 0 Å². The zero-order valence-electron chi connectivity index (χ0n) is 10.6. The maximum absolute atomic E-state index is 12.1. The van der Waals surface area contributed by atoms with Crippen molar-refractivity contribution in [3.8, 4) is 0 Å². The van der Waals surface area contributed by atoms with Crippen LogP contribution in [0.15, 0.2) is 0 Å². The quantitative estimate of drug-likeness (QED) is 0.770. The molecule has 0 amide bonds. The van der Waals surface area contributed by atoms with E-state index in [1.807, 2.05) is 0 Å². The highest BCUT2D eigenvalue weighted by molar-refractivity contribution is 7.89. The maximum atomic E-state index is 12.1. The van der Waals surface area contributed by atoms with E-state index in [2.05, 4.69) is 10.0 Å². The van der Waals surface area contributed by atoms with Crippen LogP contribution in [0.3, 0.4) is 0 Å². The largest absolute Gasteiger partial charge is 0.373 e. The van der Waals surface area contributed by atoms with Gasteiger partial charge in [-0.2, -0.15) is 0 Å². The van der Waals surface area contributed by atoms with Crippen LogP contribution < -0.4 is 10.0 Å². The van der Waals surface area contributed by atoms with Crippen molar-refractivity contribution in [3.63, 3.8) is 0 Å². The second kappa shape index (κ2) is 5.07. The van der Waals surface area contributed by atoms with Gasteiger partial charge in [0.05, 0.1) is 24.0 Å². The fourth-order valence-corrected chi connectivity index (χ4v) is 5.16. The molecule has 2 N–H and O–H groups in total. The predicted molar refractivity (Wildman–Crippen MR) is 68.8 cm³/mol. The lowest BCUT2D eigenvalue weighted by molar-refractivity contribution is 0.0995. The number of rotatable bonds is 4. The average molecular weight is 274 g/mol. The van der Waals surface area contributed by atoms with Gasteiger partial charge in [-0.15, -0.1) is 0 Å². The van der Waals surface area contributed by atoms with E-state index in [1.165, 1.54) is 0 Å². The van der Waals surface area contributed by atoms with E-state index in [0.29, 0.717) is 12.0 Å². The lowest BCUT2D eigenvalue weighted by Gasteiger charge is -2.25. The second-order valence-electron chi connectivity index (χ2n) is 5.81.